The highest BCUT2D eigenvalue weighted by Crippen LogP contribution is 2.18. The molecule has 0 aliphatic carbocycles. The predicted octanol–water partition coefficient (Wildman–Crippen LogP) is 0.856. The van der Waals surface area contributed by atoms with E-state index in [-0.39, 0.29) is 11.9 Å². The molecule has 5 heteroatoms. The van der Waals surface area contributed by atoms with Gasteiger partial charge in [0.05, 0.1) is 6.61 Å². The molecule has 0 radical (unpaired) electrons. The van der Waals surface area contributed by atoms with Gasteiger partial charge in [-0.05, 0) is 25.1 Å². The second kappa shape index (κ2) is 6.86. The van der Waals surface area contributed by atoms with E-state index in [1.807, 2.05) is 43.1 Å². The van der Waals surface area contributed by atoms with Crippen LogP contribution in [0.5, 0.6) is 0 Å². The van der Waals surface area contributed by atoms with Crippen LogP contribution < -0.4 is 16.0 Å². The molecule has 0 saturated heterocycles. The summed E-state index contributed by atoms with van der Waals surface area (Å²) in [5.41, 5.74) is 7.33. The third-order valence-corrected chi connectivity index (χ3v) is 2.84. The van der Waals surface area contributed by atoms with Gasteiger partial charge < -0.3 is 20.7 Å². The molecule has 0 aromatic heterocycles. The van der Waals surface area contributed by atoms with E-state index < -0.39 is 0 Å². The number of benzene rings is 1. The maximum absolute atomic E-state index is 11.9. The third kappa shape index (κ3) is 3.92. The molecule has 100 valence electrons. The van der Waals surface area contributed by atoms with Crippen molar-refractivity contribution in [2.45, 2.75) is 13.0 Å². The minimum atomic E-state index is -0.261. The number of carbonyl (C=O) groups excluding carboxylic acids is 1. The predicted molar refractivity (Wildman–Crippen MR) is 73.6 cm³/mol. The van der Waals surface area contributed by atoms with Crippen molar-refractivity contribution in [1.82, 2.24) is 5.32 Å². The molecular weight excluding hydrogens is 230 g/mol. The van der Waals surface area contributed by atoms with Crippen LogP contribution in [-0.2, 0) is 9.53 Å². The smallest absolute Gasteiger partial charge is 0.242 e. The lowest BCUT2D eigenvalue weighted by molar-refractivity contribution is -0.122. The number of amides is 1. The number of nitrogens with one attached hydrogen (secondary N) is 1. The van der Waals surface area contributed by atoms with Crippen molar-refractivity contribution < 1.29 is 9.53 Å². The molecule has 0 saturated carbocycles. The monoisotopic (exact) mass is 251 g/mol. The summed E-state index contributed by atoms with van der Waals surface area (Å²) in [4.78, 5) is 13.8. The van der Waals surface area contributed by atoms with Gasteiger partial charge in [0.25, 0.3) is 0 Å². The number of nitrogens with zero attached hydrogens (tertiary/aromatic N) is 1. The number of carbonyl (C=O) groups is 1. The number of methoxy groups -OCH3 is 1. The Labute approximate surface area is 108 Å². The summed E-state index contributed by atoms with van der Waals surface area (Å²) in [5, 5.41) is 2.81. The molecular formula is C13H21N3O2. The highest BCUT2D eigenvalue weighted by molar-refractivity contribution is 5.84. The first kappa shape index (κ1) is 14.3. The largest absolute Gasteiger partial charge is 0.399 e. The molecule has 1 atom stereocenters. The molecule has 1 aromatic rings. The van der Waals surface area contributed by atoms with E-state index in [0.29, 0.717) is 18.8 Å². The lowest BCUT2D eigenvalue weighted by Crippen LogP contribution is -2.44. The average molecular weight is 251 g/mol. The van der Waals surface area contributed by atoms with Crippen LogP contribution in [0.4, 0.5) is 11.4 Å². The Hall–Kier alpha value is -1.75. The molecule has 0 aliphatic heterocycles. The van der Waals surface area contributed by atoms with E-state index in [4.69, 9.17) is 10.5 Å². The molecule has 1 rings (SSSR count). The van der Waals surface area contributed by atoms with Gasteiger partial charge in [0, 0.05) is 32.1 Å². The summed E-state index contributed by atoms with van der Waals surface area (Å²) >= 11 is 0. The first-order valence-electron chi connectivity index (χ1n) is 5.91. The van der Waals surface area contributed by atoms with Gasteiger partial charge in [-0.2, -0.15) is 0 Å². The normalized spacial score (nSPS) is 11.9. The maximum atomic E-state index is 11.9. The molecule has 1 aromatic carbocycles. The summed E-state index contributed by atoms with van der Waals surface area (Å²) < 4.78 is 4.89. The fourth-order valence-electron chi connectivity index (χ4n) is 1.57. The van der Waals surface area contributed by atoms with Crippen molar-refractivity contribution in [3.05, 3.63) is 24.3 Å². The molecule has 5 nitrogen and oxygen atoms in total. The Morgan fingerprint density at radius 3 is 2.89 bits per heavy atom. The standard InChI is InChI=1S/C13H21N3O2/c1-10(13(17)15-7-8-18-3)16(2)12-6-4-5-11(14)9-12/h4-6,9-10H,7-8,14H2,1-3H3,(H,15,17). The number of nitrogens with two attached hydrogens (primary N) is 1. The van der Waals surface area contributed by atoms with Gasteiger partial charge in [-0.25, -0.2) is 0 Å². The van der Waals surface area contributed by atoms with Crippen molar-refractivity contribution in [3.8, 4) is 0 Å². The zero-order valence-electron chi connectivity index (χ0n) is 11.1. The Bertz CT molecular complexity index is 396. The van der Waals surface area contributed by atoms with Gasteiger partial charge in [-0.15, -0.1) is 0 Å². The van der Waals surface area contributed by atoms with Gasteiger partial charge >= 0.3 is 0 Å². The summed E-state index contributed by atoms with van der Waals surface area (Å²) in [6, 6.07) is 7.20. The number of hydrogen-bond acceptors (Lipinski definition) is 4. The second-order valence-corrected chi connectivity index (χ2v) is 4.17. The SMILES string of the molecule is COCCNC(=O)C(C)N(C)c1cccc(N)c1. The van der Waals surface area contributed by atoms with Crippen molar-refractivity contribution in [1.29, 1.82) is 0 Å². The molecule has 1 amide bonds. The number of ether oxygens (including phenoxy) is 1. The van der Waals surface area contributed by atoms with Gasteiger partial charge in [0.15, 0.2) is 0 Å². The summed E-state index contributed by atoms with van der Waals surface area (Å²) in [5.74, 6) is -0.0306. The average Bonchev–Trinajstić information content (AvgIpc) is 2.37. The van der Waals surface area contributed by atoms with Crippen LogP contribution in [-0.4, -0.2) is 39.3 Å². The lowest BCUT2D eigenvalue weighted by Gasteiger charge is -2.26. The summed E-state index contributed by atoms with van der Waals surface area (Å²) in [6.45, 7) is 2.89. The molecule has 3 N–H and O–H groups in total. The van der Waals surface area contributed by atoms with Gasteiger partial charge in [0.1, 0.15) is 6.04 Å². The van der Waals surface area contributed by atoms with Crippen LogP contribution in [0.25, 0.3) is 0 Å². The molecule has 18 heavy (non-hydrogen) atoms. The Morgan fingerprint density at radius 1 is 1.56 bits per heavy atom. The fraction of sp³-hybridized carbons (Fsp3) is 0.462. The number of anilines is 2. The van der Waals surface area contributed by atoms with Crippen LogP contribution in [0, 0.1) is 0 Å². The number of hydrogen-bond donors (Lipinski definition) is 2. The number of likely N-dealkylation sites (N-methyl/N-ethyl adjacent to an activating group) is 1. The van der Waals surface area contributed by atoms with E-state index in [1.165, 1.54) is 0 Å². The van der Waals surface area contributed by atoms with Crippen LogP contribution in [0.1, 0.15) is 6.92 Å². The van der Waals surface area contributed by atoms with E-state index in [9.17, 15) is 4.79 Å². The van der Waals surface area contributed by atoms with E-state index in [0.717, 1.165) is 5.69 Å². The molecule has 0 bridgehead atoms. The van der Waals surface area contributed by atoms with Gasteiger partial charge in [-0.1, -0.05) is 6.07 Å². The van der Waals surface area contributed by atoms with E-state index >= 15 is 0 Å². The van der Waals surface area contributed by atoms with E-state index in [1.54, 1.807) is 7.11 Å². The van der Waals surface area contributed by atoms with Crippen molar-refractivity contribution in [3.63, 3.8) is 0 Å². The highest BCUT2D eigenvalue weighted by Gasteiger charge is 2.17. The minimum Gasteiger partial charge on any atom is -0.399 e. The minimum absolute atomic E-state index is 0.0306. The van der Waals surface area contributed by atoms with Gasteiger partial charge in [-0.3, -0.25) is 4.79 Å². The molecule has 0 heterocycles. The first-order chi connectivity index (χ1) is 8.56. The molecule has 0 aliphatic rings. The summed E-state index contributed by atoms with van der Waals surface area (Å²) in [6.07, 6.45) is 0. The van der Waals surface area contributed by atoms with Gasteiger partial charge in [0.2, 0.25) is 5.91 Å². The highest BCUT2D eigenvalue weighted by atomic mass is 16.5. The lowest BCUT2D eigenvalue weighted by atomic mass is 10.2. The zero-order chi connectivity index (χ0) is 13.5. The Morgan fingerprint density at radius 2 is 2.28 bits per heavy atom. The Balaban J connectivity index is 2.60. The first-order valence-corrected chi connectivity index (χ1v) is 5.91. The summed E-state index contributed by atoms with van der Waals surface area (Å²) in [7, 11) is 3.48. The van der Waals surface area contributed by atoms with Crippen molar-refractivity contribution in [2.75, 3.05) is 37.9 Å². The van der Waals surface area contributed by atoms with Crippen LogP contribution >= 0.6 is 0 Å². The van der Waals surface area contributed by atoms with Crippen LogP contribution in [0.2, 0.25) is 0 Å². The second-order valence-electron chi connectivity index (χ2n) is 4.17. The molecule has 1 unspecified atom stereocenters. The van der Waals surface area contributed by atoms with Crippen LogP contribution in [0.3, 0.4) is 0 Å². The maximum Gasteiger partial charge on any atom is 0.242 e. The fourth-order valence-corrected chi connectivity index (χ4v) is 1.57. The van der Waals surface area contributed by atoms with E-state index in [2.05, 4.69) is 5.32 Å². The molecule has 0 spiro atoms. The number of rotatable bonds is 6. The zero-order valence-corrected chi connectivity index (χ0v) is 11.1. The quantitative estimate of drug-likeness (QED) is 0.581. The number of nitrogen functional groups attached to an aromatic ring is 1. The van der Waals surface area contributed by atoms with Crippen LogP contribution in [0.15, 0.2) is 24.3 Å². The van der Waals surface area contributed by atoms with Crippen molar-refractivity contribution >= 4 is 17.3 Å². The third-order valence-electron chi connectivity index (χ3n) is 2.84. The van der Waals surface area contributed by atoms with Crippen molar-refractivity contribution in [2.24, 2.45) is 0 Å². The Kier molecular flexibility index (Phi) is 5.45. The molecule has 0 fully saturated rings. The topological polar surface area (TPSA) is 67.6 Å².